The second-order valence-corrected chi connectivity index (χ2v) is 11.4. The van der Waals surface area contributed by atoms with Crippen LogP contribution in [0.3, 0.4) is 0 Å². The number of sulfonamides is 1. The Morgan fingerprint density at radius 2 is 1.67 bits per heavy atom. The lowest BCUT2D eigenvalue weighted by atomic mass is 10.2. The average Bonchev–Trinajstić information content (AvgIpc) is 3.39. The van der Waals surface area contributed by atoms with E-state index < -0.39 is 28.0 Å². The highest BCUT2D eigenvalue weighted by atomic mass is 32.2. The first-order chi connectivity index (χ1) is 20.2. The molecular formula is C27H33N7O7S. The molecule has 0 aliphatic rings. The summed E-state index contributed by atoms with van der Waals surface area (Å²) in [5, 5.41) is 26.1. The Labute approximate surface area is 243 Å². The molecule has 224 valence electrons. The molecule has 4 rings (SSSR count). The van der Waals surface area contributed by atoms with Gasteiger partial charge in [-0.3, -0.25) is 14.3 Å². The number of pyridine rings is 1. The zero-order valence-electron chi connectivity index (χ0n) is 23.6. The molecule has 4 aromatic rings. The second kappa shape index (κ2) is 13.7. The van der Waals surface area contributed by atoms with Crippen LogP contribution in [-0.4, -0.2) is 93.7 Å². The van der Waals surface area contributed by atoms with Crippen molar-refractivity contribution < 1.29 is 32.8 Å². The van der Waals surface area contributed by atoms with Crippen molar-refractivity contribution in [3.63, 3.8) is 0 Å². The number of rotatable bonds is 14. The summed E-state index contributed by atoms with van der Waals surface area (Å²) in [4.78, 5) is 12.7. The first-order valence-electron chi connectivity index (χ1n) is 12.9. The van der Waals surface area contributed by atoms with E-state index in [9.17, 15) is 13.5 Å². The standard InChI is InChI=1S/C27H33N7O7S/c1-17-8-19(13-28-10-17)26-31-32-27(34(26)25-22(39-3)6-5-7-23(25)40-4)33-42(37,38)21(16-41-15-20(36)14-35)9-24-29-11-18(2)12-30-24/h5-8,10-13,20-21,35-36H,9,14-16H2,1-4H3,(H,32,33)/t20-,21+/m0/s1. The number of hydrogen-bond donors (Lipinski definition) is 3. The number of anilines is 1. The molecule has 2 atom stereocenters. The quantitative estimate of drug-likeness (QED) is 0.190. The predicted molar refractivity (Wildman–Crippen MR) is 153 cm³/mol. The molecule has 42 heavy (non-hydrogen) atoms. The Balaban J connectivity index is 1.80. The van der Waals surface area contributed by atoms with E-state index in [1.165, 1.54) is 18.8 Å². The number of hydrogen-bond acceptors (Lipinski definition) is 12. The zero-order chi connectivity index (χ0) is 30.3. The van der Waals surface area contributed by atoms with E-state index in [0.29, 0.717) is 22.7 Å². The van der Waals surface area contributed by atoms with Gasteiger partial charge in [-0.05, 0) is 43.2 Å². The number of nitrogens with one attached hydrogen (secondary N) is 1. The van der Waals surface area contributed by atoms with Gasteiger partial charge in [-0.25, -0.2) is 18.4 Å². The molecule has 0 saturated heterocycles. The van der Waals surface area contributed by atoms with Gasteiger partial charge in [0.15, 0.2) is 5.82 Å². The maximum absolute atomic E-state index is 13.9. The Morgan fingerprint density at radius 3 is 2.29 bits per heavy atom. The lowest BCUT2D eigenvalue weighted by Crippen LogP contribution is -2.36. The maximum atomic E-state index is 13.9. The topological polar surface area (TPSA) is 184 Å². The monoisotopic (exact) mass is 599 g/mol. The third-order valence-electron chi connectivity index (χ3n) is 6.16. The van der Waals surface area contributed by atoms with Crippen molar-refractivity contribution in [3.05, 3.63) is 66.0 Å². The van der Waals surface area contributed by atoms with Crippen molar-refractivity contribution in [1.29, 1.82) is 0 Å². The Hall–Kier alpha value is -4.18. The summed E-state index contributed by atoms with van der Waals surface area (Å²) in [5.41, 5.74) is 2.61. The van der Waals surface area contributed by atoms with Crippen molar-refractivity contribution in [3.8, 4) is 28.6 Å². The minimum absolute atomic E-state index is 0.106. The summed E-state index contributed by atoms with van der Waals surface area (Å²) in [7, 11) is -1.29. The third-order valence-corrected chi connectivity index (χ3v) is 7.81. The molecule has 0 saturated carbocycles. The lowest BCUT2D eigenvalue weighted by Gasteiger charge is -2.21. The molecule has 0 aliphatic carbocycles. The largest absolute Gasteiger partial charge is 0.494 e. The van der Waals surface area contributed by atoms with Gasteiger partial charge >= 0.3 is 0 Å². The second-order valence-electron chi connectivity index (χ2n) is 9.47. The average molecular weight is 600 g/mol. The minimum Gasteiger partial charge on any atom is -0.494 e. The summed E-state index contributed by atoms with van der Waals surface area (Å²) in [6.45, 7) is 2.56. The van der Waals surface area contributed by atoms with Crippen LogP contribution in [0.4, 0.5) is 5.95 Å². The first-order valence-corrected chi connectivity index (χ1v) is 14.5. The molecule has 1 aromatic carbocycles. The van der Waals surface area contributed by atoms with Gasteiger partial charge in [-0.1, -0.05) is 6.07 Å². The van der Waals surface area contributed by atoms with Crippen molar-refractivity contribution in [2.45, 2.75) is 31.6 Å². The number of aromatic nitrogens is 6. The summed E-state index contributed by atoms with van der Waals surface area (Å²) >= 11 is 0. The Morgan fingerprint density at radius 1 is 0.976 bits per heavy atom. The molecule has 0 bridgehead atoms. The van der Waals surface area contributed by atoms with Crippen LogP contribution >= 0.6 is 0 Å². The highest BCUT2D eigenvalue weighted by molar-refractivity contribution is 7.93. The molecule has 0 unspecified atom stereocenters. The van der Waals surface area contributed by atoms with Crippen LogP contribution in [0.2, 0.25) is 0 Å². The minimum atomic E-state index is -4.25. The smallest absolute Gasteiger partial charge is 0.243 e. The van der Waals surface area contributed by atoms with Gasteiger partial charge in [0.2, 0.25) is 16.0 Å². The predicted octanol–water partition coefficient (Wildman–Crippen LogP) is 1.48. The van der Waals surface area contributed by atoms with Gasteiger partial charge in [-0.15, -0.1) is 10.2 Å². The summed E-state index contributed by atoms with van der Waals surface area (Å²) in [5.74, 6) is 1.18. The number of para-hydroxylation sites is 1. The molecule has 0 radical (unpaired) electrons. The van der Waals surface area contributed by atoms with E-state index in [1.807, 2.05) is 19.9 Å². The molecule has 3 heterocycles. The molecule has 0 aliphatic heterocycles. The summed E-state index contributed by atoms with van der Waals surface area (Å²) in [6, 6.07) is 6.98. The normalized spacial score (nSPS) is 13.0. The van der Waals surface area contributed by atoms with Crippen LogP contribution < -0.4 is 14.2 Å². The summed E-state index contributed by atoms with van der Waals surface area (Å²) in [6.07, 6.45) is 5.18. The number of benzene rings is 1. The number of nitrogens with zero attached hydrogens (tertiary/aromatic N) is 6. The molecule has 15 heteroatoms. The molecular weight excluding hydrogens is 566 g/mol. The van der Waals surface area contributed by atoms with Crippen LogP contribution in [0.5, 0.6) is 11.5 Å². The molecule has 0 amide bonds. The number of aliphatic hydroxyl groups excluding tert-OH is 2. The van der Waals surface area contributed by atoms with Crippen molar-refractivity contribution in [1.82, 2.24) is 29.7 Å². The zero-order valence-corrected chi connectivity index (χ0v) is 24.4. The first kappa shape index (κ1) is 30.8. The lowest BCUT2D eigenvalue weighted by molar-refractivity contribution is 0.00633. The third kappa shape index (κ3) is 7.17. The highest BCUT2D eigenvalue weighted by Gasteiger charge is 2.31. The fraction of sp³-hybridized carbons (Fsp3) is 0.370. The van der Waals surface area contributed by atoms with Crippen LogP contribution in [0.1, 0.15) is 17.0 Å². The van der Waals surface area contributed by atoms with Gasteiger partial charge in [0.05, 0.1) is 34.0 Å². The van der Waals surface area contributed by atoms with Crippen molar-refractivity contribution >= 4 is 16.0 Å². The van der Waals surface area contributed by atoms with E-state index in [1.54, 1.807) is 43.0 Å². The Kier molecular flexibility index (Phi) is 10.0. The number of methoxy groups -OCH3 is 2. The fourth-order valence-electron chi connectivity index (χ4n) is 4.06. The van der Waals surface area contributed by atoms with Crippen LogP contribution in [0.15, 0.2) is 49.1 Å². The molecule has 3 N–H and O–H groups in total. The van der Waals surface area contributed by atoms with Crippen LogP contribution in [0.25, 0.3) is 17.1 Å². The van der Waals surface area contributed by atoms with Gasteiger partial charge in [-0.2, -0.15) is 0 Å². The van der Waals surface area contributed by atoms with Crippen LogP contribution in [-0.2, 0) is 21.2 Å². The van der Waals surface area contributed by atoms with E-state index in [2.05, 4.69) is 29.9 Å². The van der Waals surface area contributed by atoms with E-state index in [-0.39, 0.29) is 37.2 Å². The Bertz CT molecular complexity index is 1570. The highest BCUT2D eigenvalue weighted by Crippen LogP contribution is 2.37. The number of aryl methyl sites for hydroxylation is 2. The molecule has 0 spiro atoms. The number of aliphatic hydroxyl groups is 2. The van der Waals surface area contributed by atoms with Gasteiger partial charge in [0, 0.05) is 36.8 Å². The molecule has 0 fully saturated rings. The maximum Gasteiger partial charge on any atom is 0.243 e. The van der Waals surface area contributed by atoms with Crippen LogP contribution in [0, 0.1) is 13.8 Å². The fourth-order valence-corrected chi connectivity index (χ4v) is 5.26. The SMILES string of the molecule is COc1cccc(OC)c1-n1c(NS(=O)(=O)[C@@H](COC[C@@H](O)CO)Cc2ncc(C)cn2)nnc1-c1cncc(C)c1. The van der Waals surface area contributed by atoms with E-state index >= 15 is 0 Å². The number of ether oxygens (including phenoxy) is 3. The van der Waals surface area contributed by atoms with E-state index in [4.69, 9.17) is 19.3 Å². The van der Waals surface area contributed by atoms with Gasteiger partial charge in [0.25, 0.3) is 0 Å². The van der Waals surface area contributed by atoms with E-state index in [0.717, 1.165) is 11.1 Å². The van der Waals surface area contributed by atoms with Crippen molar-refractivity contribution in [2.75, 3.05) is 38.8 Å². The molecule has 14 nitrogen and oxygen atoms in total. The van der Waals surface area contributed by atoms with Crippen molar-refractivity contribution in [2.24, 2.45) is 0 Å². The van der Waals surface area contributed by atoms with Gasteiger partial charge < -0.3 is 24.4 Å². The summed E-state index contributed by atoms with van der Waals surface area (Å²) < 4.78 is 48.5. The molecule has 3 aromatic heterocycles. The van der Waals surface area contributed by atoms with Gasteiger partial charge in [0.1, 0.15) is 34.4 Å².